The summed E-state index contributed by atoms with van der Waals surface area (Å²) >= 11 is 5.86. The lowest BCUT2D eigenvalue weighted by Crippen LogP contribution is -2.41. The molecule has 0 saturated heterocycles. The van der Waals surface area contributed by atoms with Gasteiger partial charge in [-0.2, -0.15) is 5.26 Å². The topological polar surface area (TPSA) is 93.4 Å². The number of nitriles is 1. The number of nitrogens with zero attached hydrogens (tertiary/aromatic N) is 1. The summed E-state index contributed by atoms with van der Waals surface area (Å²) in [7, 11) is 0. The van der Waals surface area contributed by atoms with E-state index in [4.69, 9.17) is 22.0 Å². The van der Waals surface area contributed by atoms with Gasteiger partial charge in [-0.1, -0.05) is 11.6 Å². The van der Waals surface area contributed by atoms with E-state index in [9.17, 15) is 9.90 Å². The molecule has 0 heterocycles. The highest BCUT2D eigenvalue weighted by atomic mass is 35.5. The largest absolute Gasteiger partial charge is 0.479 e. The first-order chi connectivity index (χ1) is 7.86. The average molecular weight is 255 g/mol. The number of carbonyl (C=O) groups is 1. The third kappa shape index (κ3) is 3.34. The number of hydrogen-bond acceptors (Lipinski definition) is 4. The normalized spacial score (nSPS) is 13.5. The Morgan fingerprint density at radius 2 is 2.29 bits per heavy atom. The molecule has 0 radical (unpaired) electrons. The molecule has 5 nitrogen and oxygen atoms in total. The number of anilines is 1. The summed E-state index contributed by atoms with van der Waals surface area (Å²) in [6.45, 7) is 0.960. The number of aliphatic hydroxyl groups is 1. The lowest BCUT2D eigenvalue weighted by atomic mass is 10.1. The Hall–Kier alpha value is -1.77. The predicted octanol–water partition coefficient (Wildman–Crippen LogP) is 1.46. The van der Waals surface area contributed by atoms with E-state index in [0.29, 0.717) is 16.3 Å². The predicted molar refractivity (Wildman–Crippen MR) is 62.9 cm³/mol. The van der Waals surface area contributed by atoms with E-state index in [1.807, 2.05) is 6.07 Å². The van der Waals surface area contributed by atoms with Gasteiger partial charge in [0.25, 0.3) is 0 Å². The molecular weight excluding hydrogens is 244 g/mol. The van der Waals surface area contributed by atoms with Gasteiger partial charge in [0.1, 0.15) is 0 Å². The maximum Gasteiger partial charge on any atom is 0.337 e. The number of nitrogens with one attached hydrogen (secondary N) is 1. The van der Waals surface area contributed by atoms with Crippen LogP contribution in [0.5, 0.6) is 0 Å². The Morgan fingerprint density at radius 1 is 1.65 bits per heavy atom. The van der Waals surface area contributed by atoms with Crippen LogP contribution in [0.1, 0.15) is 12.5 Å². The first-order valence-electron chi connectivity index (χ1n) is 4.76. The first kappa shape index (κ1) is 13.3. The summed E-state index contributed by atoms with van der Waals surface area (Å²) < 4.78 is 0. The van der Waals surface area contributed by atoms with Crippen molar-refractivity contribution >= 4 is 23.3 Å². The van der Waals surface area contributed by atoms with Crippen LogP contribution in [0.2, 0.25) is 5.02 Å². The molecule has 0 fully saturated rings. The molecule has 1 atom stereocenters. The van der Waals surface area contributed by atoms with E-state index in [0.717, 1.165) is 0 Å². The van der Waals surface area contributed by atoms with Gasteiger partial charge in [-0.3, -0.25) is 0 Å². The molecule has 0 spiro atoms. The summed E-state index contributed by atoms with van der Waals surface area (Å²) in [4.78, 5) is 10.7. The van der Waals surface area contributed by atoms with E-state index >= 15 is 0 Å². The van der Waals surface area contributed by atoms with Crippen molar-refractivity contribution in [3.8, 4) is 6.07 Å². The van der Waals surface area contributed by atoms with E-state index in [-0.39, 0.29) is 6.54 Å². The fourth-order valence-electron chi connectivity index (χ4n) is 1.07. The highest BCUT2D eigenvalue weighted by Gasteiger charge is 2.29. The number of rotatable bonds is 4. The molecule has 1 unspecified atom stereocenters. The summed E-state index contributed by atoms with van der Waals surface area (Å²) in [5.41, 5.74) is -1.09. The number of hydrogen-bond donors (Lipinski definition) is 3. The van der Waals surface area contributed by atoms with Gasteiger partial charge >= 0.3 is 5.97 Å². The van der Waals surface area contributed by atoms with Crippen molar-refractivity contribution in [2.75, 3.05) is 11.9 Å². The van der Waals surface area contributed by atoms with Gasteiger partial charge in [-0.25, -0.2) is 4.79 Å². The van der Waals surface area contributed by atoms with Crippen LogP contribution in [0.3, 0.4) is 0 Å². The van der Waals surface area contributed by atoms with Crippen molar-refractivity contribution in [1.82, 2.24) is 0 Å². The number of benzene rings is 1. The molecule has 90 valence electrons. The second-order valence-electron chi connectivity index (χ2n) is 3.74. The maximum atomic E-state index is 10.7. The Bertz CT molecular complexity index is 480. The third-order valence-electron chi connectivity index (χ3n) is 2.18. The Kier molecular flexibility index (Phi) is 3.94. The van der Waals surface area contributed by atoms with E-state index < -0.39 is 11.6 Å². The number of carboxylic acids is 1. The smallest absolute Gasteiger partial charge is 0.337 e. The zero-order chi connectivity index (χ0) is 13.1. The molecule has 0 aliphatic rings. The van der Waals surface area contributed by atoms with Gasteiger partial charge in [0.15, 0.2) is 5.60 Å². The number of carboxylic acid groups (broad SMARTS) is 1. The van der Waals surface area contributed by atoms with Crippen LogP contribution in [0.15, 0.2) is 18.2 Å². The van der Waals surface area contributed by atoms with Gasteiger partial charge in [-0.15, -0.1) is 0 Å². The molecule has 3 N–H and O–H groups in total. The van der Waals surface area contributed by atoms with Crippen LogP contribution in [0, 0.1) is 11.3 Å². The number of aliphatic carboxylic acids is 1. The summed E-state index contributed by atoms with van der Waals surface area (Å²) in [6.07, 6.45) is 0. The van der Waals surface area contributed by atoms with Crippen LogP contribution in [0.4, 0.5) is 5.69 Å². The first-order valence-corrected chi connectivity index (χ1v) is 5.14. The van der Waals surface area contributed by atoms with Crippen molar-refractivity contribution in [2.45, 2.75) is 12.5 Å². The zero-order valence-corrected chi connectivity index (χ0v) is 9.82. The molecule has 0 saturated carbocycles. The standard InChI is InChI=1S/C11H11ClN2O3/c1-11(17,10(15)16)6-14-9-4-7(5-13)2-3-8(9)12/h2-4,14,17H,6H2,1H3,(H,15,16). The second-order valence-corrected chi connectivity index (χ2v) is 4.15. The van der Waals surface area contributed by atoms with Gasteiger partial charge in [-0.05, 0) is 25.1 Å². The van der Waals surface area contributed by atoms with Gasteiger partial charge in [0, 0.05) is 0 Å². The maximum absolute atomic E-state index is 10.7. The van der Waals surface area contributed by atoms with Crippen LogP contribution in [-0.4, -0.2) is 28.3 Å². The molecule has 1 aromatic carbocycles. The molecule has 1 aromatic rings. The van der Waals surface area contributed by atoms with Crippen LogP contribution >= 0.6 is 11.6 Å². The molecule has 1 rings (SSSR count). The fraction of sp³-hybridized carbons (Fsp3) is 0.273. The van der Waals surface area contributed by atoms with Crippen molar-refractivity contribution < 1.29 is 15.0 Å². The third-order valence-corrected chi connectivity index (χ3v) is 2.51. The van der Waals surface area contributed by atoms with Crippen molar-refractivity contribution in [2.24, 2.45) is 0 Å². The van der Waals surface area contributed by atoms with E-state index in [2.05, 4.69) is 5.32 Å². The fourth-order valence-corrected chi connectivity index (χ4v) is 1.26. The van der Waals surface area contributed by atoms with Crippen LogP contribution in [-0.2, 0) is 4.79 Å². The second kappa shape index (κ2) is 5.04. The molecular formula is C11H11ClN2O3. The minimum atomic E-state index is -1.90. The summed E-state index contributed by atoms with van der Waals surface area (Å²) in [5.74, 6) is -1.34. The van der Waals surface area contributed by atoms with Crippen molar-refractivity contribution in [3.05, 3.63) is 28.8 Å². The molecule has 0 bridgehead atoms. The number of halogens is 1. The van der Waals surface area contributed by atoms with Crippen LogP contribution < -0.4 is 5.32 Å². The summed E-state index contributed by atoms with van der Waals surface area (Å²) in [5, 5.41) is 30.0. The van der Waals surface area contributed by atoms with Gasteiger partial charge in [0.05, 0.1) is 28.9 Å². The van der Waals surface area contributed by atoms with Crippen molar-refractivity contribution in [3.63, 3.8) is 0 Å². The van der Waals surface area contributed by atoms with Gasteiger partial charge in [0.2, 0.25) is 0 Å². The molecule has 17 heavy (non-hydrogen) atoms. The highest BCUT2D eigenvalue weighted by Crippen LogP contribution is 2.23. The molecule has 0 aliphatic carbocycles. The van der Waals surface area contributed by atoms with Crippen molar-refractivity contribution in [1.29, 1.82) is 5.26 Å². The van der Waals surface area contributed by atoms with Crippen LogP contribution in [0.25, 0.3) is 0 Å². The quantitative estimate of drug-likeness (QED) is 0.756. The monoisotopic (exact) mass is 254 g/mol. The Morgan fingerprint density at radius 3 is 2.82 bits per heavy atom. The lowest BCUT2D eigenvalue weighted by molar-refractivity contribution is -0.155. The molecule has 0 amide bonds. The SMILES string of the molecule is CC(O)(CNc1cc(C#N)ccc1Cl)C(=O)O. The molecule has 0 aromatic heterocycles. The average Bonchev–Trinajstić information content (AvgIpc) is 2.28. The molecule has 6 heteroatoms. The molecule has 0 aliphatic heterocycles. The minimum Gasteiger partial charge on any atom is -0.479 e. The minimum absolute atomic E-state index is 0.211. The van der Waals surface area contributed by atoms with E-state index in [1.165, 1.54) is 19.1 Å². The lowest BCUT2D eigenvalue weighted by Gasteiger charge is -2.19. The van der Waals surface area contributed by atoms with E-state index in [1.54, 1.807) is 6.07 Å². The van der Waals surface area contributed by atoms with Gasteiger partial charge < -0.3 is 15.5 Å². The zero-order valence-electron chi connectivity index (χ0n) is 9.07. The Labute approximate surface area is 103 Å². The highest BCUT2D eigenvalue weighted by molar-refractivity contribution is 6.33. The summed E-state index contributed by atoms with van der Waals surface area (Å²) in [6, 6.07) is 6.49. The Balaban J connectivity index is 2.83.